The highest BCUT2D eigenvalue weighted by molar-refractivity contribution is 5.87. The smallest absolute Gasteiger partial charge is 0.234 e. The van der Waals surface area contributed by atoms with Crippen LogP contribution >= 0.6 is 0 Å². The lowest BCUT2D eigenvalue weighted by Crippen LogP contribution is -2.50. The van der Waals surface area contributed by atoms with E-state index in [-0.39, 0.29) is 11.9 Å². The summed E-state index contributed by atoms with van der Waals surface area (Å²) in [6, 6.07) is 16.6. The molecule has 1 aliphatic rings. The second-order valence-electron chi connectivity index (χ2n) is 9.00. The molecule has 2 heterocycles. The number of benzene rings is 2. The molecule has 0 bridgehead atoms. The Hall–Kier alpha value is -2.99. The number of aromatic nitrogens is 2. The van der Waals surface area contributed by atoms with Gasteiger partial charge in [-0.1, -0.05) is 56.3 Å². The average Bonchev–Trinajstić information content (AvgIpc) is 2.78. The van der Waals surface area contributed by atoms with Crippen molar-refractivity contribution < 1.29 is 4.79 Å². The van der Waals surface area contributed by atoms with E-state index >= 15 is 0 Å². The lowest BCUT2D eigenvalue weighted by atomic mass is 10.00. The Balaban J connectivity index is 1.33. The minimum absolute atomic E-state index is 0.0339. The number of nitrogens with zero attached hydrogens (tertiary/aromatic N) is 4. The van der Waals surface area contributed by atoms with Crippen molar-refractivity contribution in [1.29, 1.82) is 0 Å². The van der Waals surface area contributed by atoms with E-state index in [1.54, 1.807) is 0 Å². The largest absolute Gasteiger partial charge is 0.354 e. The summed E-state index contributed by atoms with van der Waals surface area (Å²) in [6.07, 6.45) is 0. The standard InChI is InChI=1S/C26H33N5O/c1-18(2)26-27-19(3)16-24(29-26)31-14-12-30(13-15-31)17-25(32)28-20(4)22-11-7-9-21-8-5-6-10-23(21)22/h5-11,16,18,20H,12-15,17H2,1-4H3,(H,28,32)/t20-/m0/s1. The maximum absolute atomic E-state index is 12.8. The number of piperazine rings is 1. The third-order valence-corrected chi connectivity index (χ3v) is 6.11. The summed E-state index contributed by atoms with van der Waals surface area (Å²) in [5.74, 6) is 2.26. The third kappa shape index (κ3) is 5.07. The van der Waals surface area contributed by atoms with Crippen molar-refractivity contribution in [3.05, 3.63) is 65.6 Å². The highest BCUT2D eigenvalue weighted by atomic mass is 16.2. The van der Waals surface area contributed by atoms with Crippen molar-refractivity contribution in [3.63, 3.8) is 0 Å². The van der Waals surface area contributed by atoms with Gasteiger partial charge in [-0.15, -0.1) is 0 Å². The second kappa shape index (κ2) is 9.65. The Morgan fingerprint density at radius 3 is 2.47 bits per heavy atom. The molecule has 6 heteroatoms. The van der Waals surface area contributed by atoms with E-state index < -0.39 is 0 Å². The number of aryl methyl sites for hydroxylation is 1. The van der Waals surface area contributed by atoms with E-state index in [2.05, 4.69) is 77.3 Å². The predicted octanol–water partition coefficient (Wildman–Crippen LogP) is 4.06. The van der Waals surface area contributed by atoms with Crippen molar-refractivity contribution >= 4 is 22.5 Å². The Bertz CT molecular complexity index is 1080. The molecule has 1 saturated heterocycles. The minimum Gasteiger partial charge on any atom is -0.354 e. The van der Waals surface area contributed by atoms with Gasteiger partial charge in [-0.25, -0.2) is 9.97 Å². The minimum atomic E-state index is -0.0339. The van der Waals surface area contributed by atoms with Gasteiger partial charge in [0.15, 0.2) is 0 Å². The molecule has 168 valence electrons. The van der Waals surface area contributed by atoms with Gasteiger partial charge in [-0.3, -0.25) is 9.69 Å². The van der Waals surface area contributed by atoms with E-state index in [0.29, 0.717) is 12.5 Å². The van der Waals surface area contributed by atoms with E-state index in [9.17, 15) is 4.79 Å². The Labute approximate surface area is 190 Å². The first-order valence-electron chi connectivity index (χ1n) is 11.5. The van der Waals surface area contributed by atoms with E-state index in [4.69, 9.17) is 4.98 Å². The molecule has 2 aromatic carbocycles. The molecule has 1 amide bonds. The van der Waals surface area contributed by atoms with Gasteiger partial charge in [0.25, 0.3) is 0 Å². The van der Waals surface area contributed by atoms with Crippen LogP contribution in [0.25, 0.3) is 10.8 Å². The zero-order chi connectivity index (χ0) is 22.7. The summed E-state index contributed by atoms with van der Waals surface area (Å²) in [6.45, 7) is 12.1. The Kier molecular flexibility index (Phi) is 6.70. The maximum Gasteiger partial charge on any atom is 0.234 e. The van der Waals surface area contributed by atoms with E-state index in [1.807, 2.05) is 19.1 Å². The molecule has 3 aromatic rings. The summed E-state index contributed by atoms with van der Waals surface area (Å²) >= 11 is 0. The summed E-state index contributed by atoms with van der Waals surface area (Å²) in [5.41, 5.74) is 2.16. The number of carbonyl (C=O) groups is 1. The van der Waals surface area contributed by atoms with E-state index in [1.165, 1.54) is 10.8 Å². The van der Waals surface area contributed by atoms with Crippen molar-refractivity contribution in [3.8, 4) is 0 Å². The zero-order valence-corrected chi connectivity index (χ0v) is 19.5. The molecule has 4 rings (SSSR count). The van der Waals surface area contributed by atoms with Crippen LogP contribution in [0.15, 0.2) is 48.5 Å². The molecule has 1 aliphatic heterocycles. The number of rotatable bonds is 6. The molecule has 1 atom stereocenters. The van der Waals surface area contributed by atoms with Crippen molar-refractivity contribution in [1.82, 2.24) is 20.2 Å². The first-order valence-corrected chi connectivity index (χ1v) is 11.5. The predicted molar refractivity (Wildman–Crippen MR) is 130 cm³/mol. The van der Waals surface area contributed by atoms with Gasteiger partial charge in [-0.05, 0) is 30.2 Å². The number of fused-ring (bicyclic) bond motifs is 1. The fraction of sp³-hybridized carbons (Fsp3) is 0.423. The molecular weight excluding hydrogens is 398 g/mol. The fourth-order valence-electron chi connectivity index (χ4n) is 4.33. The first kappa shape index (κ1) is 22.2. The van der Waals surface area contributed by atoms with Crippen LogP contribution in [0, 0.1) is 6.92 Å². The van der Waals surface area contributed by atoms with Crippen LogP contribution in [0.2, 0.25) is 0 Å². The van der Waals surface area contributed by atoms with Crippen molar-refractivity contribution in [2.45, 2.75) is 39.7 Å². The van der Waals surface area contributed by atoms with Crippen molar-refractivity contribution in [2.75, 3.05) is 37.6 Å². The summed E-state index contributed by atoms with van der Waals surface area (Å²) in [7, 11) is 0. The highest BCUT2D eigenvalue weighted by Gasteiger charge is 2.22. The third-order valence-electron chi connectivity index (χ3n) is 6.11. The van der Waals surface area contributed by atoms with Crippen LogP contribution in [0.1, 0.15) is 49.8 Å². The van der Waals surface area contributed by atoms with Crippen LogP contribution in [0.4, 0.5) is 5.82 Å². The molecular formula is C26H33N5O. The number of nitrogens with one attached hydrogen (secondary N) is 1. The molecule has 6 nitrogen and oxygen atoms in total. The van der Waals surface area contributed by atoms with E-state index in [0.717, 1.165) is 49.1 Å². The number of amides is 1. The Morgan fingerprint density at radius 1 is 1.00 bits per heavy atom. The zero-order valence-electron chi connectivity index (χ0n) is 19.5. The first-order chi connectivity index (χ1) is 15.4. The van der Waals surface area contributed by atoms with Gasteiger partial charge in [0.1, 0.15) is 11.6 Å². The highest BCUT2D eigenvalue weighted by Crippen LogP contribution is 2.24. The number of hydrogen-bond acceptors (Lipinski definition) is 5. The van der Waals surface area contributed by atoms with Gasteiger partial charge < -0.3 is 10.2 Å². The molecule has 0 aliphatic carbocycles. The topological polar surface area (TPSA) is 61.4 Å². The van der Waals surface area contributed by atoms with Crippen LogP contribution < -0.4 is 10.2 Å². The van der Waals surface area contributed by atoms with Gasteiger partial charge in [0.2, 0.25) is 5.91 Å². The number of anilines is 1. The molecule has 0 unspecified atom stereocenters. The average molecular weight is 432 g/mol. The van der Waals surface area contributed by atoms with Crippen LogP contribution in [0.5, 0.6) is 0 Å². The molecule has 1 N–H and O–H groups in total. The lowest BCUT2D eigenvalue weighted by Gasteiger charge is -2.35. The molecule has 32 heavy (non-hydrogen) atoms. The van der Waals surface area contributed by atoms with Crippen LogP contribution in [-0.2, 0) is 4.79 Å². The van der Waals surface area contributed by atoms with Crippen molar-refractivity contribution in [2.24, 2.45) is 0 Å². The molecule has 0 saturated carbocycles. The van der Waals surface area contributed by atoms with Gasteiger partial charge in [0.05, 0.1) is 12.6 Å². The maximum atomic E-state index is 12.8. The van der Waals surface area contributed by atoms with Gasteiger partial charge in [0, 0.05) is 43.9 Å². The molecule has 0 radical (unpaired) electrons. The van der Waals surface area contributed by atoms with Gasteiger partial charge in [-0.2, -0.15) is 0 Å². The molecule has 1 aromatic heterocycles. The summed E-state index contributed by atoms with van der Waals surface area (Å²) in [5, 5.41) is 5.58. The second-order valence-corrected chi connectivity index (χ2v) is 9.00. The SMILES string of the molecule is Cc1cc(N2CCN(CC(=O)N[C@@H](C)c3cccc4ccccc34)CC2)nc(C(C)C)n1. The quantitative estimate of drug-likeness (QED) is 0.638. The molecule has 1 fully saturated rings. The lowest BCUT2D eigenvalue weighted by molar-refractivity contribution is -0.123. The van der Waals surface area contributed by atoms with Gasteiger partial charge >= 0.3 is 0 Å². The van der Waals surface area contributed by atoms with Crippen LogP contribution in [0.3, 0.4) is 0 Å². The number of hydrogen-bond donors (Lipinski definition) is 1. The normalized spacial score (nSPS) is 15.8. The Morgan fingerprint density at radius 2 is 1.72 bits per heavy atom. The molecule has 0 spiro atoms. The monoisotopic (exact) mass is 431 g/mol. The summed E-state index contributed by atoms with van der Waals surface area (Å²) in [4.78, 5) is 26.6. The fourth-order valence-corrected chi connectivity index (χ4v) is 4.33. The number of carbonyl (C=O) groups excluding carboxylic acids is 1. The summed E-state index contributed by atoms with van der Waals surface area (Å²) < 4.78 is 0. The van der Waals surface area contributed by atoms with Crippen LogP contribution in [-0.4, -0.2) is 53.5 Å².